The van der Waals surface area contributed by atoms with Crippen molar-refractivity contribution in [3.8, 4) is 0 Å². The molecule has 8 rings (SSSR count). The van der Waals surface area contributed by atoms with Gasteiger partial charge in [0.05, 0.1) is 6.04 Å². The maximum absolute atomic E-state index is 14.2. The van der Waals surface area contributed by atoms with Crippen LogP contribution in [-0.4, -0.2) is 61.7 Å². The van der Waals surface area contributed by atoms with Gasteiger partial charge in [-0.2, -0.15) is 5.21 Å². The summed E-state index contributed by atoms with van der Waals surface area (Å²) in [4.78, 5) is 44.0. The highest BCUT2D eigenvalue weighted by molar-refractivity contribution is 5.91. The first-order chi connectivity index (χ1) is 22.8. The second kappa shape index (κ2) is 13.2. The minimum Gasteiger partial charge on any atom is -0.446 e. The van der Waals surface area contributed by atoms with Crippen molar-refractivity contribution in [1.82, 2.24) is 41.6 Å². The number of amides is 3. The van der Waals surface area contributed by atoms with Gasteiger partial charge in [-0.25, -0.2) is 4.79 Å². The Labute approximate surface area is 273 Å². The molecule has 2 aromatic heterocycles. The Hall–Kier alpha value is -4.74. The summed E-state index contributed by atoms with van der Waals surface area (Å²) >= 11 is 0. The number of fused-ring (bicyclic) bond motifs is 1. The number of carbonyl (C=O) groups is 3. The Balaban J connectivity index is 1.07. The second-order valence-electron chi connectivity index (χ2n) is 13.9. The molecule has 0 radical (unpaired) electrons. The van der Waals surface area contributed by atoms with Crippen molar-refractivity contribution in [1.29, 1.82) is 0 Å². The normalized spacial score (nSPS) is 24.7. The lowest BCUT2D eigenvalue weighted by molar-refractivity contribution is -0.128. The van der Waals surface area contributed by atoms with Crippen LogP contribution in [0.3, 0.4) is 0 Å². The molecule has 4 aromatic rings. The van der Waals surface area contributed by atoms with Gasteiger partial charge in [-0.3, -0.25) is 9.59 Å². The molecule has 4 aliphatic rings. The number of ether oxygens (including phenoxy) is 1. The third kappa shape index (κ3) is 6.86. The molecular weight excluding hydrogens is 596 g/mol. The van der Waals surface area contributed by atoms with Crippen LogP contribution in [0, 0.1) is 23.7 Å². The summed E-state index contributed by atoms with van der Waals surface area (Å²) in [5.41, 5.74) is 1.36. The lowest BCUT2D eigenvalue weighted by Crippen LogP contribution is -2.60. The molecule has 0 spiro atoms. The maximum atomic E-state index is 14.2. The van der Waals surface area contributed by atoms with Crippen molar-refractivity contribution in [2.75, 3.05) is 6.54 Å². The van der Waals surface area contributed by atoms with Gasteiger partial charge in [0.25, 0.3) is 0 Å². The molecule has 0 aliphatic heterocycles. The van der Waals surface area contributed by atoms with E-state index < -0.39 is 17.7 Å². The van der Waals surface area contributed by atoms with E-state index in [1.54, 1.807) is 6.92 Å². The predicted octanol–water partition coefficient (Wildman–Crippen LogP) is 4.14. The van der Waals surface area contributed by atoms with Crippen LogP contribution in [0.15, 0.2) is 60.8 Å². The number of nitrogens with zero attached hydrogens (tertiary/aromatic N) is 3. The third-order valence-corrected chi connectivity index (χ3v) is 10.5. The van der Waals surface area contributed by atoms with Gasteiger partial charge in [0.2, 0.25) is 11.8 Å². The minimum atomic E-state index is -1.34. The number of aromatic amines is 2. The van der Waals surface area contributed by atoms with Gasteiger partial charge in [-0.1, -0.05) is 53.7 Å². The van der Waals surface area contributed by atoms with Gasteiger partial charge in [-0.15, -0.1) is 10.2 Å². The van der Waals surface area contributed by atoms with Crippen LogP contribution >= 0.6 is 0 Å². The molecule has 3 amide bonds. The number of hydrogen-bond donors (Lipinski definition) is 5. The second-order valence-corrected chi connectivity index (χ2v) is 13.9. The maximum Gasteiger partial charge on any atom is 0.408 e. The molecule has 2 aromatic carbocycles. The van der Waals surface area contributed by atoms with Crippen LogP contribution in [0.5, 0.6) is 0 Å². The Bertz CT molecular complexity index is 1680. The van der Waals surface area contributed by atoms with Crippen molar-refractivity contribution in [3.63, 3.8) is 0 Å². The topological polar surface area (TPSA) is 167 Å². The summed E-state index contributed by atoms with van der Waals surface area (Å²) in [7, 11) is 0. The Morgan fingerprint density at radius 2 is 1.70 bits per heavy atom. The first-order valence-corrected chi connectivity index (χ1v) is 16.7. The number of aryl methyl sites for hydroxylation is 1. The van der Waals surface area contributed by atoms with Crippen molar-refractivity contribution in [3.05, 3.63) is 77.7 Å². The van der Waals surface area contributed by atoms with E-state index in [0.717, 1.165) is 59.5 Å². The lowest BCUT2D eigenvalue weighted by Gasteiger charge is -2.53. The van der Waals surface area contributed by atoms with Crippen molar-refractivity contribution < 1.29 is 19.1 Å². The van der Waals surface area contributed by atoms with Gasteiger partial charge >= 0.3 is 6.09 Å². The quantitative estimate of drug-likeness (QED) is 0.156. The van der Waals surface area contributed by atoms with Crippen LogP contribution in [-0.2, 0) is 27.2 Å². The monoisotopic (exact) mass is 638 g/mol. The zero-order valence-corrected chi connectivity index (χ0v) is 26.6. The summed E-state index contributed by atoms with van der Waals surface area (Å²) < 4.78 is 6.17. The highest BCUT2D eigenvalue weighted by atomic mass is 16.6. The molecule has 4 fully saturated rings. The average Bonchev–Trinajstić information content (AvgIpc) is 3.74. The Morgan fingerprint density at radius 3 is 2.43 bits per heavy atom. The number of nitrogens with one attached hydrogen (secondary N) is 5. The summed E-state index contributed by atoms with van der Waals surface area (Å²) in [5.74, 6) is 2.20. The summed E-state index contributed by atoms with van der Waals surface area (Å²) in [5, 5.41) is 23.8. The average molecular weight is 639 g/mol. The zero-order valence-electron chi connectivity index (χ0n) is 26.6. The molecule has 2 heterocycles. The molecule has 2 atom stereocenters. The number of aromatic nitrogens is 5. The standard InChI is InChI=1S/C35H42N8O4/c1-35(18-26-19-36-28-10-6-5-9-27(26)28,39-34(46)47-32-24-14-21-13-22(16-24)17-25(32)15-21)33(45)37-20-29(23-7-3-2-4-8-23)38-31(44)12-11-30-40-42-43-41-30/h2-10,19,21-22,24-25,29,32,36H,11-18,20H2,1H3,(H,37,45)(H,38,44)(H,39,46)(H,40,41,42,43)/t21?,22?,24?,25?,29-,32?,35?/m1/s1. The highest BCUT2D eigenvalue weighted by Crippen LogP contribution is 2.54. The van der Waals surface area contributed by atoms with Crippen LogP contribution in [0.4, 0.5) is 4.79 Å². The Morgan fingerprint density at radius 1 is 0.979 bits per heavy atom. The van der Waals surface area contributed by atoms with Gasteiger partial charge in [0.1, 0.15) is 11.6 Å². The predicted molar refractivity (Wildman–Crippen MR) is 174 cm³/mol. The molecule has 0 saturated heterocycles. The van der Waals surface area contributed by atoms with Crippen LogP contribution in [0.1, 0.15) is 68.4 Å². The molecule has 1 unspecified atom stereocenters. The van der Waals surface area contributed by atoms with Crippen LogP contribution < -0.4 is 16.0 Å². The molecular formula is C35H42N8O4. The van der Waals surface area contributed by atoms with Gasteiger partial charge < -0.3 is 25.7 Å². The number of hydrogen-bond acceptors (Lipinski definition) is 7. The molecule has 4 aliphatic carbocycles. The van der Waals surface area contributed by atoms with E-state index in [4.69, 9.17) is 4.74 Å². The van der Waals surface area contributed by atoms with Gasteiger partial charge in [-0.05, 0) is 79.9 Å². The third-order valence-electron chi connectivity index (χ3n) is 10.5. The van der Waals surface area contributed by atoms with Gasteiger partial charge in [0, 0.05) is 42.9 Å². The molecule has 5 N–H and O–H groups in total. The van der Waals surface area contributed by atoms with Crippen molar-refractivity contribution >= 4 is 28.8 Å². The SMILES string of the molecule is CC(Cc1c[nH]c2ccccc12)(NC(=O)OC1C2CC3CC(C2)CC1C3)C(=O)NC[C@@H](NC(=O)CCc1nn[nH]n1)c1ccccc1. The number of rotatable bonds is 12. The Kier molecular flexibility index (Phi) is 8.66. The van der Waals surface area contributed by atoms with Crippen LogP contribution in [0.2, 0.25) is 0 Å². The summed E-state index contributed by atoms with van der Waals surface area (Å²) in [6.07, 6.45) is 7.77. The number of alkyl carbamates (subject to hydrolysis) is 1. The molecule has 12 heteroatoms. The summed E-state index contributed by atoms with van der Waals surface area (Å²) in [6, 6.07) is 16.9. The van der Waals surface area contributed by atoms with Crippen molar-refractivity contribution in [2.45, 2.75) is 76.0 Å². The number of para-hydroxylation sites is 1. The number of tetrazole rings is 1. The van der Waals surface area contributed by atoms with Crippen LogP contribution in [0.25, 0.3) is 10.9 Å². The van der Waals surface area contributed by atoms with E-state index >= 15 is 0 Å². The lowest BCUT2D eigenvalue weighted by atomic mass is 9.55. The fraction of sp³-hybridized carbons (Fsp3) is 0.486. The van der Waals surface area contributed by atoms with E-state index in [9.17, 15) is 14.4 Å². The fourth-order valence-corrected chi connectivity index (χ4v) is 8.39. The highest BCUT2D eigenvalue weighted by Gasteiger charge is 2.50. The zero-order chi connectivity index (χ0) is 32.4. The van der Waals surface area contributed by atoms with E-state index in [2.05, 4.69) is 41.6 Å². The van der Waals surface area contributed by atoms with Gasteiger partial charge in [0.15, 0.2) is 5.82 Å². The van der Waals surface area contributed by atoms with E-state index in [1.165, 1.54) is 6.42 Å². The van der Waals surface area contributed by atoms with E-state index in [1.807, 2.05) is 60.8 Å². The summed E-state index contributed by atoms with van der Waals surface area (Å²) in [6.45, 7) is 1.86. The first kappa shape index (κ1) is 30.9. The number of H-pyrrole nitrogens is 2. The molecule has 4 saturated carbocycles. The number of carbonyl (C=O) groups excluding carboxylic acids is 3. The smallest absolute Gasteiger partial charge is 0.408 e. The molecule has 246 valence electrons. The molecule has 4 bridgehead atoms. The fourth-order valence-electron chi connectivity index (χ4n) is 8.39. The molecule has 12 nitrogen and oxygen atoms in total. The first-order valence-electron chi connectivity index (χ1n) is 16.7. The minimum absolute atomic E-state index is 0.103. The number of benzene rings is 2. The largest absolute Gasteiger partial charge is 0.446 e. The van der Waals surface area contributed by atoms with Crippen molar-refractivity contribution in [2.24, 2.45) is 23.7 Å². The molecule has 47 heavy (non-hydrogen) atoms. The van der Waals surface area contributed by atoms with E-state index in [-0.39, 0.29) is 37.3 Å². The van der Waals surface area contributed by atoms with E-state index in [0.29, 0.717) is 24.1 Å².